The van der Waals surface area contributed by atoms with Gasteiger partial charge in [-0.2, -0.15) is 0 Å². The minimum atomic E-state index is -1.03. The van der Waals surface area contributed by atoms with Gasteiger partial charge in [0.15, 0.2) is 6.10 Å². The number of hydrogen-bond donors (Lipinski definition) is 0. The van der Waals surface area contributed by atoms with Crippen molar-refractivity contribution < 1.29 is 24.0 Å². The molecule has 0 N–H and O–H groups in total. The molecule has 7 nitrogen and oxygen atoms in total. The lowest BCUT2D eigenvalue weighted by atomic mass is 9.90. The molecule has 2 aliphatic heterocycles. The van der Waals surface area contributed by atoms with E-state index in [-0.39, 0.29) is 10.6 Å². The lowest BCUT2D eigenvalue weighted by Crippen LogP contribution is -2.37. The normalized spacial score (nSPS) is 21.8. The molecule has 1 aromatic heterocycles. The molecule has 0 spiro atoms. The number of carbonyl (C=O) groups excluding carboxylic acids is 3. The number of hydroxylamine groups is 1. The summed E-state index contributed by atoms with van der Waals surface area (Å²) in [7, 11) is 1.28. The number of benzene rings is 2. The van der Waals surface area contributed by atoms with Gasteiger partial charge < -0.3 is 4.74 Å². The number of methoxy groups -OCH3 is 1. The van der Waals surface area contributed by atoms with Crippen LogP contribution in [0.2, 0.25) is 5.02 Å². The van der Waals surface area contributed by atoms with Crippen LogP contribution in [-0.2, 0) is 19.2 Å². The van der Waals surface area contributed by atoms with Gasteiger partial charge in [-0.3, -0.25) is 14.4 Å². The van der Waals surface area contributed by atoms with Crippen LogP contribution in [0.25, 0.3) is 0 Å². The standard InChI is InChI=1S/C25H21ClN2O5S/c1-13-14(2)34-24(18(13)25(31)32-3)27-22(29)19-20(15-7-5-4-6-8-15)28(33-21(19)23(27)30)17-11-9-16(26)10-12-17/h4-12,19-21H,1-3H3/t19-,20+,21+/m0/s1. The summed E-state index contributed by atoms with van der Waals surface area (Å²) in [6.45, 7) is 3.62. The number of ether oxygens (including phenoxy) is 1. The Hall–Kier alpha value is -3.20. The van der Waals surface area contributed by atoms with Crippen LogP contribution in [0.4, 0.5) is 10.7 Å². The summed E-state index contributed by atoms with van der Waals surface area (Å²) in [5.41, 5.74) is 2.43. The summed E-state index contributed by atoms with van der Waals surface area (Å²) in [5.74, 6) is -2.29. The fraction of sp³-hybridized carbons (Fsp3) is 0.240. The third kappa shape index (κ3) is 3.41. The summed E-state index contributed by atoms with van der Waals surface area (Å²) in [4.78, 5) is 48.0. The number of anilines is 2. The number of rotatable bonds is 4. The van der Waals surface area contributed by atoms with Crippen molar-refractivity contribution in [1.82, 2.24) is 0 Å². The predicted octanol–water partition coefficient (Wildman–Crippen LogP) is 4.86. The van der Waals surface area contributed by atoms with Gasteiger partial charge in [-0.05, 0) is 49.2 Å². The fourth-order valence-electron chi connectivity index (χ4n) is 4.52. The zero-order valence-corrected chi connectivity index (χ0v) is 20.2. The Morgan fingerprint density at radius 1 is 1.03 bits per heavy atom. The quantitative estimate of drug-likeness (QED) is 0.379. The molecule has 2 aliphatic rings. The Morgan fingerprint density at radius 2 is 1.71 bits per heavy atom. The number of hydrogen-bond acceptors (Lipinski definition) is 7. The monoisotopic (exact) mass is 496 g/mol. The molecule has 2 fully saturated rings. The van der Waals surface area contributed by atoms with E-state index >= 15 is 0 Å². The molecular formula is C25H21ClN2O5S. The molecule has 3 heterocycles. The van der Waals surface area contributed by atoms with Gasteiger partial charge in [0.2, 0.25) is 5.91 Å². The third-order valence-electron chi connectivity index (χ3n) is 6.30. The maximum absolute atomic E-state index is 13.8. The maximum Gasteiger partial charge on any atom is 0.341 e. The average Bonchev–Trinajstić information content (AvgIpc) is 3.45. The van der Waals surface area contributed by atoms with Gasteiger partial charge in [0.1, 0.15) is 10.9 Å². The van der Waals surface area contributed by atoms with E-state index in [1.165, 1.54) is 18.4 Å². The Kier molecular flexibility index (Phi) is 5.67. The second-order valence-electron chi connectivity index (χ2n) is 8.18. The first-order valence-electron chi connectivity index (χ1n) is 10.7. The molecule has 2 aromatic carbocycles. The highest BCUT2D eigenvalue weighted by Gasteiger charge is 2.61. The van der Waals surface area contributed by atoms with Gasteiger partial charge in [-0.25, -0.2) is 14.8 Å². The van der Waals surface area contributed by atoms with Gasteiger partial charge in [-0.1, -0.05) is 41.9 Å². The molecule has 34 heavy (non-hydrogen) atoms. The first-order chi connectivity index (χ1) is 16.3. The third-order valence-corrected chi connectivity index (χ3v) is 7.74. The van der Waals surface area contributed by atoms with Crippen molar-refractivity contribution in [1.29, 1.82) is 0 Å². The van der Waals surface area contributed by atoms with Crippen LogP contribution < -0.4 is 9.96 Å². The van der Waals surface area contributed by atoms with E-state index in [9.17, 15) is 14.4 Å². The van der Waals surface area contributed by atoms with Gasteiger partial charge >= 0.3 is 5.97 Å². The molecule has 0 unspecified atom stereocenters. The lowest BCUT2D eigenvalue weighted by Gasteiger charge is -2.28. The Balaban J connectivity index is 1.60. The number of thiophene rings is 1. The smallest absolute Gasteiger partial charge is 0.341 e. The number of imide groups is 1. The van der Waals surface area contributed by atoms with E-state index in [4.69, 9.17) is 21.2 Å². The second kappa shape index (κ2) is 8.54. The highest BCUT2D eigenvalue weighted by molar-refractivity contribution is 7.17. The first kappa shape index (κ1) is 22.6. The van der Waals surface area contributed by atoms with Crippen molar-refractivity contribution in [2.24, 2.45) is 5.92 Å². The number of carbonyl (C=O) groups is 3. The molecule has 3 aromatic rings. The van der Waals surface area contributed by atoms with Crippen LogP contribution in [0.1, 0.15) is 32.4 Å². The highest BCUT2D eigenvalue weighted by Crippen LogP contribution is 2.49. The van der Waals surface area contributed by atoms with E-state index < -0.39 is 35.8 Å². The van der Waals surface area contributed by atoms with Crippen LogP contribution in [0.15, 0.2) is 54.6 Å². The number of amides is 2. The minimum Gasteiger partial charge on any atom is -0.465 e. The molecule has 0 bridgehead atoms. The van der Waals surface area contributed by atoms with E-state index in [2.05, 4.69) is 0 Å². The molecule has 2 amide bonds. The maximum atomic E-state index is 13.8. The topological polar surface area (TPSA) is 76.2 Å². The molecule has 0 saturated carbocycles. The molecule has 0 aliphatic carbocycles. The number of aryl methyl sites for hydroxylation is 1. The van der Waals surface area contributed by atoms with Crippen molar-refractivity contribution >= 4 is 51.4 Å². The molecule has 3 atom stereocenters. The molecule has 5 rings (SSSR count). The second-order valence-corrected chi connectivity index (χ2v) is 9.82. The van der Waals surface area contributed by atoms with Crippen molar-refractivity contribution in [3.63, 3.8) is 0 Å². The zero-order valence-electron chi connectivity index (χ0n) is 18.7. The summed E-state index contributed by atoms with van der Waals surface area (Å²) in [5, 5.41) is 2.46. The molecule has 2 saturated heterocycles. The van der Waals surface area contributed by atoms with Gasteiger partial charge in [-0.15, -0.1) is 11.3 Å². The summed E-state index contributed by atoms with van der Waals surface area (Å²) in [6, 6.07) is 15.9. The van der Waals surface area contributed by atoms with Crippen LogP contribution >= 0.6 is 22.9 Å². The van der Waals surface area contributed by atoms with E-state index in [1.807, 2.05) is 37.3 Å². The molecular weight excluding hydrogens is 476 g/mol. The first-order valence-corrected chi connectivity index (χ1v) is 11.9. The Bertz CT molecular complexity index is 1290. The highest BCUT2D eigenvalue weighted by atomic mass is 35.5. The van der Waals surface area contributed by atoms with E-state index in [0.29, 0.717) is 16.3 Å². The minimum absolute atomic E-state index is 0.234. The number of nitrogens with zero attached hydrogens (tertiary/aromatic N) is 2. The largest absolute Gasteiger partial charge is 0.465 e. The molecule has 9 heteroatoms. The van der Waals surface area contributed by atoms with Gasteiger partial charge in [0.05, 0.1) is 24.4 Å². The predicted molar refractivity (Wildman–Crippen MR) is 129 cm³/mol. The zero-order chi connectivity index (χ0) is 24.1. The number of fused-ring (bicyclic) bond motifs is 1. The van der Waals surface area contributed by atoms with Crippen molar-refractivity contribution in [2.45, 2.75) is 26.0 Å². The average molecular weight is 497 g/mol. The van der Waals surface area contributed by atoms with Gasteiger partial charge in [0, 0.05) is 9.90 Å². The van der Waals surface area contributed by atoms with Crippen LogP contribution in [-0.4, -0.2) is 31.0 Å². The summed E-state index contributed by atoms with van der Waals surface area (Å²) in [6.07, 6.45) is -1.03. The lowest BCUT2D eigenvalue weighted by molar-refractivity contribution is -0.126. The molecule has 0 radical (unpaired) electrons. The summed E-state index contributed by atoms with van der Waals surface area (Å²) < 4.78 is 4.94. The Morgan fingerprint density at radius 3 is 2.35 bits per heavy atom. The van der Waals surface area contributed by atoms with Crippen LogP contribution in [0.5, 0.6) is 0 Å². The van der Waals surface area contributed by atoms with E-state index in [0.717, 1.165) is 15.3 Å². The summed E-state index contributed by atoms with van der Waals surface area (Å²) >= 11 is 7.28. The van der Waals surface area contributed by atoms with Crippen molar-refractivity contribution in [3.8, 4) is 0 Å². The Labute approximate surface area is 205 Å². The van der Waals surface area contributed by atoms with E-state index in [1.54, 1.807) is 36.3 Å². The number of esters is 1. The number of halogens is 1. The van der Waals surface area contributed by atoms with Crippen LogP contribution in [0.3, 0.4) is 0 Å². The van der Waals surface area contributed by atoms with Gasteiger partial charge in [0.25, 0.3) is 5.91 Å². The van der Waals surface area contributed by atoms with Crippen molar-refractivity contribution in [2.75, 3.05) is 17.1 Å². The van der Waals surface area contributed by atoms with Crippen LogP contribution in [0, 0.1) is 19.8 Å². The molecule has 174 valence electrons. The fourth-order valence-corrected chi connectivity index (χ4v) is 5.81. The SMILES string of the molecule is COC(=O)c1c(N2C(=O)[C@H]3[C@@H](c4ccccc4)N(c4ccc(Cl)cc4)O[C@H]3C2=O)sc(C)c1C. The van der Waals surface area contributed by atoms with Crippen molar-refractivity contribution in [3.05, 3.63) is 81.2 Å².